The van der Waals surface area contributed by atoms with Crippen LogP contribution in [0.5, 0.6) is 0 Å². The molecule has 0 radical (unpaired) electrons. The van der Waals surface area contributed by atoms with Crippen LogP contribution in [0.25, 0.3) is 0 Å². The Morgan fingerprint density at radius 3 is 0.750 bits per heavy atom. The maximum Gasteiger partial charge on any atom is 1.00 e. The van der Waals surface area contributed by atoms with Gasteiger partial charge in [-0.1, -0.05) is 0 Å². The van der Waals surface area contributed by atoms with Crippen molar-refractivity contribution in [2.45, 2.75) is 0 Å². The van der Waals surface area contributed by atoms with Crippen molar-refractivity contribution < 1.29 is 104 Å². The Bertz CT molecular complexity index is 17.2. The molecule has 0 aliphatic heterocycles. The van der Waals surface area contributed by atoms with Crippen LogP contribution in [0, 0.1) is 0 Å². The second-order valence-corrected chi connectivity index (χ2v) is 0.289. The Kier molecular flexibility index (Phi) is 85.9. The molecule has 0 saturated heterocycles. The summed E-state index contributed by atoms with van der Waals surface area (Å²) in [5, 5.41) is 25.2. The van der Waals surface area contributed by atoms with Crippen LogP contribution in [0.2, 0.25) is 0 Å². The van der Waals surface area contributed by atoms with Gasteiger partial charge in [0.1, 0.15) is 0 Å². The zero-order valence-corrected chi connectivity index (χ0v) is 10.8. The third-order valence-corrected chi connectivity index (χ3v) is 0. The van der Waals surface area contributed by atoms with E-state index in [1.54, 1.807) is 0 Å². The van der Waals surface area contributed by atoms with Crippen molar-refractivity contribution in [1.82, 2.24) is 0 Å². The van der Waals surface area contributed by atoms with Gasteiger partial charge in [0.15, 0.2) is 0 Å². The molecule has 0 saturated carbocycles. The zero-order chi connectivity index (χ0) is 3.58. The number of hydrogen-bond acceptors (Lipinski definition) is 3. The number of hydrogen-bond donors (Lipinski definition) is 0. The van der Waals surface area contributed by atoms with E-state index in [0.717, 1.165) is 0 Å². The molecule has 0 aromatic heterocycles. The van der Waals surface area contributed by atoms with Crippen molar-refractivity contribution in [2.75, 3.05) is 0 Å². The predicted molar refractivity (Wildman–Crippen MR) is 15.7 cm³/mol. The Labute approximate surface area is 117 Å². The molecule has 8 heavy (non-hydrogen) atoms. The average Bonchev–Trinajstić information content (AvgIpc) is 0.811. The van der Waals surface area contributed by atoms with Crippen LogP contribution in [0.1, 0.15) is 0 Å². The summed E-state index contributed by atoms with van der Waals surface area (Å²) in [6.07, 6.45) is 0. The second kappa shape index (κ2) is 22.5. The van der Waals surface area contributed by atoms with Crippen LogP contribution < -0.4 is 104 Å². The molecule has 8 heteroatoms. The van der Waals surface area contributed by atoms with Crippen molar-refractivity contribution in [2.24, 2.45) is 0 Å². The first-order valence-corrected chi connectivity index (χ1v) is 0.707. The van der Waals surface area contributed by atoms with Crippen LogP contribution >= 0.6 is 0 Å². The molecule has 0 rings (SSSR count). The summed E-state index contributed by atoms with van der Waals surface area (Å²) in [5.74, 6) is 0. The van der Waals surface area contributed by atoms with Crippen LogP contribution in [0.3, 0.4) is 0 Å². The molecule has 0 fully saturated rings. The van der Waals surface area contributed by atoms with Gasteiger partial charge in [-0.2, -0.15) is 0 Å². The molecule has 0 spiro atoms. The van der Waals surface area contributed by atoms with Gasteiger partial charge in [0.25, 0.3) is 0 Å². The van der Waals surface area contributed by atoms with Crippen molar-refractivity contribution in [3.8, 4) is 0 Å². The van der Waals surface area contributed by atoms with Crippen molar-refractivity contribution in [3.63, 3.8) is 0 Å². The van der Waals surface area contributed by atoms with E-state index in [-0.39, 0.29) is 97.1 Å². The van der Waals surface area contributed by atoms with Gasteiger partial charge in [-0.3, -0.25) is 7.32 Å². The summed E-state index contributed by atoms with van der Waals surface area (Å²) in [4.78, 5) is 0. The Morgan fingerprint density at radius 2 is 0.750 bits per heavy atom. The molecular weight excluding hydrogens is 139 g/mol. The van der Waals surface area contributed by atoms with E-state index in [1.165, 1.54) is 0 Å². The molecule has 0 amide bonds. The largest absolute Gasteiger partial charge is 1.00 e. The number of rotatable bonds is 0. The van der Waals surface area contributed by atoms with E-state index in [0.29, 0.717) is 0 Å². The molecule has 0 aliphatic rings. The quantitative estimate of drug-likeness (QED) is 0.315. The van der Waals surface area contributed by atoms with Gasteiger partial charge in [0, 0.05) is 0 Å². The van der Waals surface area contributed by atoms with E-state index in [9.17, 15) is 0 Å². The van der Waals surface area contributed by atoms with Crippen molar-refractivity contribution >= 4 is 15.7 Å². The van der Waals surface area contributed by atoms with Crippen LogP contribution in [0.15, 0.2) is 0 Å². The maximum absolute atomic E-state index is 8.42. The summed E-state index contributed by atoms with van der Waals surface area (Å²) in [5.41, 5.74) is 0. The smallest absolute Gasteiger partial charge is 0.907 e. The third kappa shape index (κ3) is 63.8. The molecule has 0 aliphatic carbocycles. The van der Waals surface area contributed by atoms with Gasteiger partial charge in [-0.05, 0) is 0 Å². The van der Waals surface area contributed by atoms with Gasteiger partial charge in [-0.15, -0.1) is 0 Å². The first kappa shape index (κ1) is 30.5. The molecular formula is H3B2Na3O3. The summed E-state index contributed by atoms with van der Waals surface area (Å²) in [7, 11) is -2.92. The Morgan fingerprint density at radius 1 is 0.750 bits per heavy atom. The first-order valence-electron chi connectivity index (χ1n) is 0.707. The molecule has 0 N–H and O–H groups in total. The summed E-state index contributed by atoms with van der Waals surface area (Å²) < 4.78 is 0. The fourth-order valence-electron chi connectivity index (χ4n) is 0. The third-order valence-electron chi connectivity index (χ3n) is 0. The molecule has 0 unspecified atom stereocenters. The van der Waals surface area contributed by atoms with E-state index >= 15 is 0 Å². The zero-order valence-electron chi connectivity index (χ0n) is 4.80. The maximum atomic E-state index is 8.42. The summed E-state index contributed by atoms with van der Waals surface area (Å²) in [6, 6.07) is 0. The fourth-order valence-corrected chi connectivity index (χ4v) is 0. The van der Waals surface area contributed by atoms with E-state index in [4.69, 9.17) is 15.1 Å². The SMILES string of the molecule is B.[Na+].[Na+].[Na+].[O-]B([O-])[O-]. The average molecular weight is 142 g/mol. The second-order valence-electron chi connectivity index (χ2n) is 0.289. The summed E-state index contributed by atoms with van der Waals surface area (Å²) in [6.45, 7) is 0. The monoisotopic (exact) mass is 142 g/mol. The van der Waals surface area contributed by atoms with Crippen molar-refractivity contribution in [3.05, 3.63) is 0 Å². The predicted octanol–water partition coefficient (Wildman–Crippen LogP) is -14.1. The molecule has 3 nitrogen and oxygen atoms in total. The summed E-state index contributed by atoms with van der Waals surface area (Å²) >= 11 is 0. The Hall–Kier alpha value is 3.01. The van der Waals surface area contributed by atoms with E-state index in [2.05, 4.69) is 0 Å². The first-order chi connectivity index (χ1) is 1.73. The normalized spacial score (nSPS) is 3.38. The minimum atomic E-state index is -2.92. The fraction of sp³-hybridized carbons (Fsp3) is 0. The topological polar surface area (TPSA) is 69.2 Å². The van der Waals surface area contributed by atoms with Crippen LogP contribution in [-0.2, 0) is 0 Å². The van der Waals surface area contributed by atoms with Crippen LogP contribution in [-0.4, -0.2) is 15.7 Å². The minimum absolute atomic E-state index is 0. The minimum Gasteiger partial charge on any atom is -0.907 e. The molecule has 0 aromatic carbocycles. The molecule has 0 atom stereocenters. The molecule has 30 valence electrons. The molecule has 0 bridgehead atoms. The van der Waals surface area contributed by atoms with E-state index < -0.39 is 7.32 Å². The van der Waals surface area contributed by atoms with E-state index in [1.807, 2.05) is 0 Å². The van der Waals surface area contributed by atoms with Gasteiger partial charge >= 0.3 is 88.7 Å². The van der Waals surface area contributed by atoms with Gasteiger partial charge in [0.05, 0.1) is 8.41 Å². The standard InChI is InChI=1S/BO3.BH3.3Na/c2-1(3)4;;;;/h;1H3;;;/q-3;;3*+1. The van der Waals surface area contributed by atoms with Gasteiger partial charge in [0.2, 0.25) is 0 Å². The molecule has 0 heterocycles. The van der Waals surface area contributed by atoms with Crippen molar-refractivity contribution in [1.29, 1.82) is 0 Å². The molecule has 0 aromatic rings. The van der Waals surface area contributed by atoms with Gasteiger partial charge in [-0.25, -0.2) is 0 Å². The Balaban J connectivity index is -0.00000000750. The van der Waals surface area contributed by atoms with Crippen LogP contribution in [0.4, 0.5) is 0 Å². The van der Waals surface area contributed by atoms with Gasteiger partial charge < -0.3 is 15.1 Å².